The maximum absolute atomic E-state index is 11.5. The van der Waals surface area contributed by atoms with Crippen LogP contribution in [0.2, 0.25) is 0 Å². The SMILES string of the molecule is C[N+](C)(c1ccc(-c2ccc([N+](C)(C)S(=O)(=O)O)cc2)cc1)S(=O)(=O)O. The Morgan fingerprint density at radius 1 is 0.577 bits per heavy atom. The van der Waals surface area contributed by atoms with Gasteiger partial charge in [-0.25, -0.2) is 9.11 Å². The zero-order valence-corrected chi connectivity index (χ0v) is 16.5. The highest BCUT2D eigenvalue weighted by Gasteiger charge is 2.34. The van der Waals surface area contributed by atoms with E-state index in [9.17, 15) is 25.9 Å². The van der Waals surface area contributed by atoms with E-state index >= 15 is 0 Å². The molecule has 0 radical (unpaired) electrons. The zero-order valence-electron chi connectivity index (χ0n) is 14.9. The number of benzene rings is 2. The molecule has 0 atom stereocenters. The first-order chi connectivity index (χ1) is 11.7. The van der Waals surface area contributed by atoms with Gasteiger partial charge in [0, 0.05) is 24.3 Å². The van der Waals surface area contributed by atoms with Gasteiger partial charge in [0.05, 0.1) is 28.2 Å². The molecule has 0 bridgehead atoms. The lowest BCUT2D eigenvalue weighted by Crippen LogP contribution is -2.45. The number of hydrogen-bond donors (Lipinski definition) is 2. The van der Waals surface area contributed by atoms with Gasteiger partial charge in [0.1, 0.15) is 11.4 Å². The van der Waals surface area contributed by atoms with Gasteiger partial charge in [-0.15, -0.1) is 16.8 Å². The highest BCUT2D eigenvalue weighted by atomic mass is 32.2. The second-order valence-electron chi connectivity index (χ2n) is 6.69. The van der Waals surface area contributed by atoms with E-state index in [4.69, 9.17) is 0 Å². The molecule has 142 valence electrons. The van der Waals surface area contributed by atoms with Gasteiger partial charge >= 0.3 is 20.6 Å². The van der Waals surface area contributed by atoms with E-state index in [1.807, 2.05) is 0 Å². The molecule has 2 rings (SSSR count). The summed E-state index contributed by atoms with van der Waals surface area (Å²) in [6.07, 6.45) is 0. The fourth-order valence-corrected chi connectivity index (χ4v) is 3.07. The number of quaternary nitrogens is 2. The fraction of sp³-hybridized carbons (Fsp3) is 0.250. The summed E-state index contributed by atoms with van der Waals surface area (Å²) in [7, 11) is -3.21. The van der Waals surface area contributed by atoms with Gasteiger partial charge < -0.3 is 0 Å². The zero-order chi connectivity index (χ0) is 20.0. The maximum Gasteiger partial charge on any atom is 0.437 e. The van der Waals surface area contributed by atoms with Crippen molar-refractivity contribution >= 4 is 32.0 Å². The smallest absolute Gasteiger partial charge is 0.241 e. The molecular weight excluding hydrogens is 380 g/mol. The third kappa shape index (κ3) is 3.65. The van der Waals surface area contributed by atoms with E-state index in [1.165, 1.54) is 28.2 Å². The molecule has 2 aromatic carbocycles. The summed E-state index contributed by atoms with van der Waals surface area (Å²) in [5.74, 6) is 0. The van der Waals surface area contributed by atoms with E-state index in [0.29, 0.717) is 11.4 Å². The molecule has 26 heavy (non-hydrogen) atoms. The predicted octanol–water partition coefficient (Wildman–Crippen LogP) is 2.09. The van der Waals surface area contributed by atoms with E-state index in [1.54, 1.807) is 48.5 Å². The van der Waals surface area contributed by atoms with Gasteiger partial charge in [0.25, 0.3) is 0 Å². The van der Waals surface area contributed by atoms with Crippen LogP contribution in [0, 0.1) is 0 Å². The largest absolute Gasteiger partial charge is 0.437 e. The summed E-state index contributed by atoms with van der Waals surface area (Å²) in [6.45, 7) is 0. The Bertz CT molecular complexity index is 924. The Kier molecular flexibility index (Phi) is 5.05. The van der Waals surface area contributed by atoms with Crippen molar-refractivity contribution in [1.82, 2.24) is 7.78 Å². The number of rotatable bonds is 5. The van der Waals surface area contributed by atoms with Crippen molar-refractivity contribution in [2.45, 2.75) is 0 Å². The Morgan fingerprint density at radius 2 is 0.808 bits per heavy atom. The lowest BCUT2D eigenvalue weighted by atomic mass is 10.0. The molecule has 0 spiro atoms. The van der Waals surface area contributed by atoms with Crippen LogP contribution in [0.15, 0.2) is 48.5 Å². The molecule has 0 saturated heterocycles. The van der Waals surface area contributed by atoms with Gasteiger partial charge in [-0.2, -0.15) is 7.78 Å². The molecule has 0 saturated carbocycles. The Hall–Kier alpha value is -1.82. The molecule has 0 heterocycles. The monoisotopic (exact) mass is 402 g/mol. The minimum Gasteiger partial charge on any atom is -0.241 e. The van der Waals surface area contributed by atoms with Gasteiger partial charge in [-0.1, -0.05) is 0 Å². The van der Waals surface area contributed by atoms with Crippen LogP contribution in [-0.2, 0) is 20.6 Å². The Labute approximate surface area is 153 Å². The maximum atomic E-state index is 11.5. The second kappa shape index (κ2) is 6.41. The minimum atomic E-state index is -4.31. The van der Waals surface area contributed by atoms with E-state index in [2.05, 4.69) is 0 Å². The third-order valence-corrected chi connectivity index (χ3v) is 7.19. The van der Waals surface area contributed by atoms with E-state index in [0.717, 1.165) is 11.1 Å². The molecule has 0 aliphatic carbocycles. The van der Waals surface area contributed by atoms with Crippen molar-refractivity contribution in [3.63, 3.8) is 0 Å². The highest BCUT2D eigenvalue weighted by molar-refractivity contribution is 7.85. The van der Waals surface area contributed by atoms with Crippen LogP contribution < -0.4 is 7.78 Å². The standard InChI is InChI=1S/C16H20N2O6S2/c1-17(2,25(19,20)21)15-9-5-13(6-10-15)14-7-11-16(12-8-14)18(3,4)26(22,23)24/h5-12H,1-4H3/p+2. The van der Waals surface area contributed by atoms with Crippen molar-refractivity contribution in [2.75, 3.05) is 28.2 Å². The molecule has 2 N–H and O–H groups in total. The summed E-state index contributed by atoms with van der Waals surface area (Å²) < 4.78 is 63.2. The van der Waals surface area contributed by atoms with Gasteiger partial charge in [0.2, 0.25) is 0 Å². The molecule has 8 nitrogen and oxygen atoms in total. The first-order valence-electron chi connectivity index (χ1n) is 7.53. The summed E-state index contributed by atoms with van der Waals surface area (Å²) in [5.41, 5.74) is 2.34. The van der Waals surface area contributed by atoms with Gasteiger partial charge in [0.15, 0.2) is 0 Å². The molecule has 0 aliphatic rings. The van der Waals surface area contributed by atoms with Crippen molar-refractivity contribution in [1.29, 1.82) is 0 Å². The molecule has 2 aromatic rings. The van der Waals surface area contributed by atoms with Crippen LogP contribution in [0.25, 0.3) is 11.1 Å². The van der Waals surface area contributed by atoms with Gasteiger partial charge in [-0.05, 0) is 35.4 Å². The fourth-order valence-electron chi connectivity index (χ4n) is 2.29. The average molecular weight is 402 g/mol. The number of nitrogens with zero attached hydrogens (tertiary/aromatic N) is 2. The molecule has 0 amide bonds. The van der Waals surface area contributed by atoms with Gasteiger partial charge in [-0.3, -0.25) is 0 Å². The van der Waals surface area contributed by atoms with Crippen LogP contribution in [0.4, 0.5) is 11.4 Å². The molecule has 0 aromatic heterocycles. The van der Waals surface area contributed by atoms with Crippen molar-refractivity contribution in [2.24, 2.45) is 0 Å². The normalized spacial score (nSPS) is 13.6. The first kappa shape index (κ1) is 20.5. The summed E-state index contributed by atoms with van der Waals surface area (Å²) in [6, 6.07) is 13.2. The molecule has 10 heteroatoms. The first-order valence-corrected chi connectivity index (χ1v) is 10.3. The van der Waals surface area contributed by atoms with Crippen LogP contribution in [0.1, 0.15) is 0 Å². The van der Waals surface area contributed by atoms with Crippen LogP contribution >= 0.6 is 0 Å². The molecule has 0 aliphatic heterocycles. The van der Waals surface area contributed by atoms with Crippen molar-refractivity contribution in [3.8, 4) is 11.1 Å². The summed E-state index contributed by atoms with van der Waals surface area (Å²) in [5, 5.41) is 0. The third-order valence-electron chi connectivity index (χ3n) is 4.47. The number of hydrogen-bond acceptors (Lipinski definition) is 4. The van der Waals surface area contributed by atoms with Crippen LogP contribution in [0.3, 0.4) is 0 Å². The van der Waals surface area contributed by atoms with Crippen LogP contribution in [-0.4, -0.2) is 54.1 Å². The lowest BCUT2D eigenvalue weighted by molar-refractivity contribution is 0.411. The average Bonchev–Trinajstić information content (AvgIpc) is 2.53. The van der Waals surface area contributed by atoms with Crippen molar-refractivity contribution in [3.05, 3.63) is 48.5 Å². The topological polar surface area (TPSA) is 109 Å². The Morgan fingerprint density at radius 3 is 1.00 bits per heavy atom. The minimum absolute atomic E-state index is 0.386. The molecule has 0 fully saturated rings. The lowest BCUT2D eigenvalue weighted by Gasteiger charge is -2.24. The van der Waals surface area contributed by atoms with Crippen LogP contribution in [0.5, 0.6) is 0 Å². The second-order valence-corrected chi connectivity index (χ2v) is 10.3. The predicted molar refractivity (Wildman–Crippen MR) is 102 cm³/mol. The van der Waals surface area contributed by atoms with E-state index in [-0.39, 0.29) is 0 Å². The molecule has 0 unspecified atom stereocenters. The summed E-state index contributed by atoms with van der Waals surface area (Å²) in [4.78, 5) is 0. The quantitative estimate of drug-likeness (QED) is 0.586. The molecular formula is C16H22N2O6S2+2. The van der Waals surface area contributed by atoms with Crippen molar-refractivity contribution < 1.29 is 25.9 Å². The highest BCUT2D eigenvalue weighted by Crippen LogP contribution is 2.29. The summed E-state index contributed by atoms with van der Waals surface area (Å²) >= 11 is 0. The van der Waals surface area contributed by atoms with E-state index < -0.39 is 28.4 Å². The Balaban J connectivity index is 2.37.